The molecule has 5 nitrogen and oxygen atoms in total. The van der Waals surface area contributed by atoms with Gasteiger partial charge in [0.1, 0.15) is 18.3 Å². The SMILES string of the molecule is CO[C@@H]1O[C@@H]([C@H](C)O)[C@H](O)[C@H]1O. The van der Waals surface area contributed by atoms with Crippen molar-refractivity contribution in [3.05, 3.63) is 0 Å². The van der Waals surface area contributed by atoms with Crippen molar-refractivity contribution in [2.75, 3.05) is 7.11 Å². The van der Waals surface area contributed by atoms with Crippen molar-refractivity contribution < 1.29 is 24.8 Å². The van der Waals surface area contributed by atoms with Gasteiger partial charge in [-0.25, -0.2) is 0 Å². The molecule has 5 heteroatoms. The van der Waals surface area contributed by atoms with Crippen LogP contribution in [-0.2, 0) is 9.47 Å². The van der Waals surface area contributed by atoms with Gasteiger partial charge in [-0.15, -0.1) is 0 Å². The van der Waals surface area contributed by atoms with Crippen molar-refractivity contribution in [1.29, 1.82) is 0 Å². The summed E-state index contributed by atoms with van der Waals surface area (Å²) in [5.74, 6) is 0. The molecule has 1 fully saturated rings. The third kappa shape index (κ3) is 1.60. The number of methoxy groups -OCH3 is 1. The van der Waals surface area contributed by atoms with Crippen LogP contribution in [0.5, 0.6) is 0 Å². The van der Waals surface area contributed by atoms with Crippen LogP contribution >= 0.6 is 0 Å². The predicted octanol–water partition coefficient (Wildman–Crippen LogP) is -1.54. The van der Waals surface area contributed by atoms with E-state index in [2.05, 4.69) is 0 Å². The predicted molar refractivity (Wildman–Crippen MR) is 39.4 cm³/mol. The zero-order chi connectivity index (χ0) is 9.30. The molecule has 12 heavy (non-hydrogen) atoms. The van der Waals surface area contributed by atoms with E-state index in [4.69, 9.17) is 14.6 Å². The van der Waals surface area contributed by atoms with Gasteiger partial charge >= 0.3 is 0 Å². The van der Waals surface area contributed by atoms with Crippen LogP contribution in [0.3, 0.4) is 0 Å². The van der Waals surface area contributed by atoms with Gasteiger partial charge in [0.25, 0.3) is 0 Å². The van der Waals surface area contributed by atoms with Crippen molar-refractivity contribution in [2.24, 2.45) is 0 Å². The van der Waals surface area contributed by atoms with Gasteiger partial charge in [0, 0.05) is 7.11 Å². The maximum atomic E-state index is 9.31. The Balaban J connectivity index is 2.60. The number of hydrogen-bond donors (Lipinski definition) is 3. The van der Waals surface area contributed by atoms with E-state index in [9.17, 15) is 10.2 Å². The van der Waals surface area contributed by atoms with Gasteiger partial charge in [-0.2, -0.15) is 0 Å². The fourth-order valence-corrected chi connectivity index (χ4v) is 1.27. The highest BCUT2D eigenvalue weighted by Crippen LogP contribution is 2.23. The summed E-state index contributed by atoms with van der Waals surface area (Å²) in [5.41, 5.74) is 0. The molecule has 0 aromatic carbocycles. The molecular weight excluding hydrogens is 164 g/mol. The molecule has 1 aliphatic heterocycles. The van der Waals surface area contributed by atoms with Crippen LogP contribution in [0.15, 0.2) is 0 Å². The van der Waals surface area contributed by atoms with E-state index in [0.717, 1.165) is 0 Å². The van der Waals surface area contributed by atoms with E-state index >= 15 is 0 Å². The van der Waals surface area contributed by atoms with Crippen LogP contribution in [0.4, 0.5) is 0 Å². The zero-order valence-corrected chi connectivity index (χ0v) is 7.04. The van der Waals surface area contributed by atoms with Crippen LogP contribution in [0.2, 0.25) is 0 Å². The minimum Gasteiger partial charge on any atom is -0.391 e. The van der Waals surface area contributed by atoms with Crippen molar-refractivity contribution in [3.8, 4) is 0 Å². The highest BCUT2D eigenvalue weighted by molar-refractivity contribution is 4.89. The monoisotopic (exact) mass is 178 g/mol. The first kappa shape index (κ1) is 9.88. The van der Waals surface area contributed by atoms with E-state index in [1.165, 1.54) is 14.0 Å². The molecule has 0 aliphatic carbocycles. The van der Waals surface area contributed by atoms with E-state index in [0.29, 0.717) is 0 Å². The number of aliphatic hydroxyl groups excluding tert-OH is 3. The van der Waals surface area contributed by atoms with Crippen molar-refractivity contribution in [2.45, 2.75) is 37.6 Å². The van der Waals surface area contributed by atoms with Gasteiger partial charge < -0.3 is 24.8 Å². The first-order valence-corrected chi connectivity index (χ1v) is 3.80. The molecule has 0 saturated carbocycles. The highest BCUT2D eigenvalue weighted by atomic mass is 16.7. The average molecular weight is 178 g/mol. The highest BCUT2D eigenvalue weighted by Gasteiger charge is 2.44. The first-order chi connectivity index (χ1) is 5.57. The number of hydrogen-bond acceptors (Lipinski definition) is 5. The Bertz CT molecular complexity index is 149. The second kappa shape index (κ2) is 3.68. The van der Waals surface area contributed by atoms with E-state index in [1.54, 1.807) is 0 Å². The molecule has 72 valence electrons. The van der Waals surface area contributed by atoms with Crippen LogP contribution in [0.1, 0.15) is 6.92 Å². The second-order valence-electron chi connectivity index (χ2n) is 2.93. The molecule has 1 rings (SSSR count). The normalized spacial score (nSPS) is 44.8. The fraction of sp³-hybridized carbons (Fsp3) is 1.00. The molecule has 5 atom stereocenters. The lowest BCUT2D eigenvalue weighted by atomic mass is 10.1. The summed E-state index contributed by atoms with van der Waals surface area (Å²) in [6, 6.07) is 0. The maximum absolute atomic E-state index is 9.31. The fourth-order valence-electron chi connectivity index (χ4n) is 1.27. The lowest BCUT2D eigenvalue weighted by Crippen LogP contribution is -2.37. The summed E-state index contributed by atoms with van der Waals surface area (Å²) in [4.78, 5) is 0. The van der Waals surface area contributed by atoms with Gasteiger partial charge in [-0.05, 0) is 6.92 Å². The Morgan fingerprint density at radius 1 is 1.33 bits per heavy atom. The molecule has 0 aromatic rings. The lowest BCUT2D eigenvalue weighted by Gasteiger charge is -2.16. The Morgan fingerprint density at radius 2 is 1.92 bits per heavy atom. The van der Waals surface area contributed by atoms with Gasteiger partial charge in [0.2, 0.25) is 0 Å². The lowest BCUT2D eigenvalue weighted by molar-refractivity contribution is -0.161. The Morgan fingerprint density at radius 3 is 2.17 bits per heavy atom. The molecule has 0 unspecified atom stereocenters. The summed E-state index contributed by atoms with van der Waals surface area (Å²) >= 11 is 0. The third-order valence-electron chi connectivity index (χ3n) is 1.96. The minimum absolute atomic E-state index is 0.773. The molecule has 0 radical (unpaired) electrons. The van der Waals surface area contributed by atoms with Crippen molar-refractivity contribution in [1.82, 2.24) is 0 Å². The summed E-state index contributed by atoms with van der Waals surface area (Å²) in [6.07, 6.45) is -4.62. The van der Waals surface area contributed by atoms with Gasteiger partial charge in [-0.3, -0.25) is 0 Å². The number of rotatable bonds is 2. The largest absolute Gasteiger partial charge is 0.391 e. The van der Waals surface area contributed by atoms with Gasteiger partial charge in [-0.1, -0.05) is 0 Å². The smallest absolute Gasteiger partial charge is 0.186 e. The molecule has 1 aliphatic rings. The van der Waals surface area contributed by atoms with Crippen LogP contribution in [0, 0.1) is 0 Å². The number of ether oxygens (including phenoxy) is 2. The van der Waals surface area contributed by atoms with Crippen LogP contribution in [0.25, 0.3) is 0 Å². The Kier molecular flexibility index (Phi) is 3.03. The molecular formula is C7H14O5. The van der Waals surface area contributed by atoms with Gasteiger partial charge in [0.05, 0.1) is 6.10 Å². The standard InChI is InChI=1S/C7H14O5/c1-3(8)6-4(9)5(10)7(11-2)12-6/h3-10H,1-2H3/t3-,4+,5+,6-,7+/m0/s1. The topological polar surface area (TPSA) is 79.2 Å². The van der Waals surface area contributed by atoms with E-state index in [-0.39, 0.29) is 0 Å². The third-order valence-corrected chi connectivity index (χ3v) is 1.96. The average Bonchev–Trinajstić information content (AvgIpc) is 2.30. The summed E-state index contributed by atoms with van der Waals surface area (Å²) in [7, 11) is 1.37. The molecule has 0 amide bonds. The quantitative estimate of drug-likeness (QED) is 0.477. The Hall–Kier alpha value is -0.200. The molecule has 0 bridgehead atoms. The van der Waals surface area contributed by atoms with Crippen LogP contribution in [-0.4, -0.2) is 53.1 Å². The molecule has 1 heterocycles. The first-order valence-electron chi connectivity index (χ1n) is 3.80. The molecule has 0 aromatic heterocycles. The van der Waals surface area contributed by atoms with Crippen LogP contribution < -0.4 is 0 Å². The Labute approximate surface area is 70.5 Å². The number of aliphatic hydroxyl groups is 3. The summed E-state index contributed by atoms with van der Waals surface area (Å²) in [6.45, 7) is 1.48. The van der Waals surface area contributed by atoms with Crippen molar-refractivity contribution in [3.63, 3.8) is 0 Å². The maximum Gasteiger partial charge on any atom is 0.186 e. The van der Waals surface area contributed by atoms with Crippen molar-refractivity contribution >= 4 is 0 Å². The minimum atomic E-state index is -1.09. The zero-order valence-electron chi connectivity index (χ0n) is 7.04. The van der Waals surface area contributed by atoms with E-state index < -0.39 is 30.7 Å². The summed E-state index contributed by atoms with van der Waals surface area (Å²) < 4.78 is 9.76. The summed E-state index contributed by atoms with van der Waals surface area (Å²) in [5, 5.41) is 27.7. The molecule has 3 N–H and O–H groups in total. The molecule has 0 spiro atoms. The molecule has 1 saturated heterocycles. The van der Waals surface area contributed by atoms with E-state index in [1.807, 2.05) is 0 Å². The van der Waals surface area contributed by atoms with Gasteiger partial charge in [0.15, 0.2) is 6.29 Å². The second-order valence-corrected chi connectivity index (χ2v) is 2.93.